The molecule has 2 N–H and O–H groups in total. The summed E-state index contributed by atoms with van der Waals surface area (Å²) in [4.78, 5) is 21.0. The van der Waals surface area contributed by atoms with Gasteiger partial charge in [-0.25, -0.2) is 0 Å². The van der Waals surface area contributed by atoms with Crippen LogP contribution in [0, 0.1) is 5.92 Å². The summed E-state index contributed by atoms with van der Waals surface area (Å²) in [6, 6.07) is 21.4. The molecule has 0 atom stereocenters. The molecular weight excluding hydrogens is 537 g/mol. The number of benzene rings is 2. The number of carbonyl (C=O) groups is 1. The van der Waals surface area contributed by atoms with Gasteiger partial charge in [0.05, 0.1) is 0 Å². The van der Waals surface area contributed by atoms with Gasteiger partial charge in [0, 0.05) is 59.8 Å². The van der Waals surface area contributed by atoms with Gasteiger partial charge in [0.15, 0.2) is 5.96 Å². The van der Waals surface area contributed by atoms with Crippen molar-refractivity contribution in [2.24, 2.45) is 10.9 Å². The van der Waals surface area contributed by atoms with Gasteiger partial charge in [-0.3, -0.25) is 14.7 Å². The molecule has 1 aliphatic heterocycles. The lowest BCUT2D eigenvalue weighted by molar-refractivity contribution is -0.121. The molecule has 34 heavy (non-hydrogen) atoms. The Hall–Kier alpha value is -2.13. The molecule has 3 rings (SSSR count). The highest BCUT2D eigenvalue weighted by atomic mass is 127. The Kier molecular flexibility index (Phi) is 13.0. The average molecular weight is 578 g/mol. The molecule has 0 radical (unpaired) electrons. The Balaban J connectivity index is 0.00000408. The summed E-state index contributed by atoms with van der Waals surface area (Å²) in [5.41, 5.74) is 2.69. The topological polar surface area (TPSA) is 60.0 Å². The van der Waals surface area contributed by atoms with Crippen LogP contribution in [-0.2, 0) is 17.9 Å². The van der Waals surface area contributed by atoms with Crippen molar-refractivity contribution < 1.29 is 4.79 Å². The third-order valence-electron chi connectivity index (χ3n) is 6.31. The van der Waals surface area contributed by atoms with Gasteiger partial charge in [0.25, 0.3) is 0 Å². The molecule has 0 aliphatic carbocycles. The molecule has 1 aliphatic rings. The first-order valence-corrected chi connectivity index (χ1v) is 12.1. The van der Waals surface area contributed by atoms with Crippen LogP contribution in [0.3, 0.4) is 0 Å². The number of guanidine groups is 1. The minimum Gasteiger partial charge on any atom is -0.359 e. The molecule has 6 nitrogen and oxygen atoms in total. The van der Waals surface area contributed by atoms with E-state index in [-0.39, 0.29) is 29.9 Å². The predicted octanol–water partition coefficient (Wildman–Crippen LogP) is 4.12. The van der Waals surface area contributed by atoms with Crippen LogP contribution in [0.2, 0.25) is 0 Å². The van der Waals surface area contributed by atoms with Gasteiger partial charge in [-0.2, -0.15) is 0 Å². The number of aliphatic imine (C=N–C) groups is 1. The van der Waals surface area contributed by atoms with Crippen molar-refractivity contribution in [1.82, 2.24) is 20.4 Å². The zero-order valence-electron chi connectivity index (χ0n) is 20.6. The average Bonchev–Trinajstić information content (AvgIpc) is 2.86. The first-order chi connectivity index (χ1) is 16.2. The lowest BCUT2D eigenvalue weighted by Gasteiger charge is -2.34. The minimum atomic E-state index is 0. The Bertz CT molecular complexity index is 812. The SMILES string of the molecule is CN=C(NCCCN(Cc1ccccc1)Cc1ccccc1)N1CCC(CC(=O)NC)CC1.I. The van der Waals surface area contributed by atoms with Crippen molar-refractivity contribution in [3.05, 3.63) is 71.8 Å². The standard InChI is InChI=1S/C27H39N5O.HI/c1-28-26(33)20-23-14-18-32(19-15-23)27(29-2)30-16-9-17-31(21-24-10-5-3-6-11-24)22-25-12-7-4-8-13-25;/h3-8,10-13,23H,9,14-22H2,1-2H3,(H,28,33)(H,29,30);1H. The van der Waals surface area contributed by atoms with E-state index in [1.807, 2.05) is 7.05 Å². The molecule has 186 valence electrons. The minimum absolute atomic E-state index is 0. The maximum absolute atomic E-state index is 11.6. The maximum Gasteiger partial charge on any atom is 0.220 e. The third-order valence-corrected chi connectivity index (χ3v) is 6.31. The van der Waals surface area contributed by atoms with E-state index in [0.717, 1.165) is 64.5 Å². The predicted molar refractivity (Wildman–Crippen MR) is 151 cm³/mol. The molecule has 2 aromatic rings. The van der Waals surface area contributed by atoms with E-state index in [2.05, 4.69) is 86.1 Å². The van der Waals surface area contributed by atoms with Gasteiger partial charge in [-0.1, -0.05) is 60.7 Å². The number of amides is 1. The summed E-state index contributed by atoms with van der Waals surface area (Å²) < 4.78 is 0. The van der Waals surface area contributed by atoms with Crippen LogP contribution in [-0.4, -0.2) is 61.9 Å². The summed E-state index contributed by atoms with van der Waals surface area (Å²) in [5, 5.41) is 6.30. The number of likely N-dealkylation sites (tertiary alicyclic amines) is 1. The summed E-state index contributed by atoms with van der Waals surface area (Å²) in [6.07, 6.45) is 3.76. The highest BCUT2D eigenvalue weighted by molar-refractivity contribution is 14.0. The second-order valence-corrected chi connectivity index (χ2v) is 8.82. The van der Waals surface area contributed by atoms with E-state index in [1.54, 1.807) is 7.05 Å². The van der Waals surface area contributed by atoms with Gasteiger partial charge in [-0.15, -0.1) is 24.0 Å². The number of piperidine rings is 1. The number of nitrogens with zero attached hydrogens (tertiary/aromatic N) is 3. The second-order valence-electron chi connectivity index (χ2n) is 8.82. The Morgan fingerprint density at radius 2 is 1.56 bits per heavy atom. The summed E-state index contributed by atoms with van der Waals surface area (Å²) in [5.74, 6) is 1.60. The number of carbonyl (C=O) groups excluding carboxylic acids is 1. The van der Waals surface area contributed by atoms with Crippen molar-refractivity contribution in [3.63, 3.8) is 0 Å². The third kappa shape index (κ3) is 9.62. The number of hydrogen-bond acceptors (Lipinski definition) is 3. The summed E-state index contributed by atoms with van der Waals surface area (Å²) in [6.45, 7) is 5.71. The van der Waals surface area contributed by atoms with Gasteiger partial charge in [-0.05, 0) is 36.3 Å². The summed E-state index contributed by atoms with van der Waals surface area (Å²) >= 11 is 0. The fourth-order valence-electron chi connectivity index (χ4n) is 4.45. The zero-order chi connectivity index (χ0) is 23.3. The van der Waals surface area contributed by atoms with Crippen molar-refractivity contribution in [1.29, 1.82) is 0 Å². The lowest BCUT2D eigenvalue weighted by atomic mass is 9.93. The zero-order valence-corrected chi connectivity index (χ0v) is 22.9. The molecule has 0 unspecified atom stereocenters. The van der Waals surface area contributed by atoms with E-state index in [0.29, 0.717) is 12.3 Å². The molecule has 1 saturated heterocycles. The van der Waals surface area contributed by atoms with Crippen LogP contribution in [0.15, 0.2) is 65.7 Å². The van der Waals surface area contributed by atoms with Crippen molar-refractivity contribution in [2.45, 2.75) is 38.8 Å². The van der Waals surface area contributed by atoms with Gasteiger partial charge in [0.1, 0.15) is 0 Å². The molecule has 0 aromatic heterocycles. The van der Waals surface area contributed by atoms with Crippen molar-refractivity contribution >= 4 is 35.8 Å². The molecule has 1 heterocycles. The molecule has 1 amide bonds. The van der Waals surface area contributed by atoms with Crippen molar-refractivity contribution in [3.8, 4) is 0 Å². The molecule has 1 fully saturated rings. The first-order valence-electron chi connectivity index (χ1n) is 12.1. The van der Waals surface area contributed by atoms with Crippen LogP contribution in [0.1, 0.15) is 36.8 Å². The van der Waals surface area contributed by atoms with E-state index >= 15 is 0 Å². The molecule has 0 bridgehead atoms. The van der Waals surface area contributed by atoms with Crippen LogP contribution in [0.5, 0.6) is 0 Å². The molecule has 0 saturated carbocycles. The van der Waals surface area contributed by atoms with E-state index < -0.39 is 0 Å². The number of hydrogen-bond donors (Lipinski definition) is 2. The Morgan fingerprint density at radius 3 is 2.06 bits per heavy atom. The smallest absolute Gasteiger partial charge is 0.220 e. The first kappa shape index (κ1) is 28.1. The number of nitrogens with one attached hydrogen (secondary N) is 2. The lowest BCUT2D eigenvalue weighted by Crippen LogP contribution is -2.46. The van der Waals surface area contributed by atoms with E-state index in [1.165, 1.54) is 11.1 Å². The highest BCUT2D eigenvalue weighted by Gasteiger charge is 2.23. The fraction of sp³-hybridized carbons (Fsp3) is 0.481. The Morgan fingerprint density at radius 1 is 1.00 bits per heavy atom. The molecule has 7 heteroatoms. The van der Waals surface area contributed by atoms with Gasteiger partial charge < -0.3 is 15.5 Å². The van der Waals surface area contributed by atoms with Crippen LogP contribution >= 0.6 is 24.0 Å². The number of halogens is 1. The molecule has 2 aromatic carbocycles. The fourth-order valence-corrected chi connectivity index (χ4v) is 4.45. The maximum atomic E-state index is 11.6. The van der Waals surface area contributed by atoms with Crippen LogP contribution in [0.4, 0.5) is 0 Å². The highest BCUT2D eigenvalue weighted by Crippen LogP contribution is 2.20. The van der Waals surface area contributed by atoms with E-state index in [4.69, 9.17) is 0 Å². The summed E-state index contributed by atoms with van der Waals surface area (Å²) in [7, 11) is 3.57. The van der Waals surface area contributed by atoms with Crippen molar-refractivity contribution in [2.75, 3.05) is 40.3 Å². The van der Waals surface area contributed by atoms with Gasteiger partial charge in [0.2, 0.25) is 5.91 Å². The Labute approximate surface area is 222 Å². The largest absolute Gasteiger partial charge is 0.359 e. The van der Waals surface area contributed by atoms with Crippen LogP contribution in [0.25, 0.3) is 0 Å². The normalized spacial score (nSPS) is 14.6. The van der Waals surface area contributed by atoms with E-state index in [9.17, 15) is 4.79 Å². The van der Waals surface area contributed by atoms with Gasteiger partial charge >= 0.3 is 0 Å². The number of rotatable bonds is 10. The second kappa shape index (κ2) is 15.7. The van der Waals surface area contributed by atoms with Crippen LogP contribution < -0.4 is 10.6 Å². The molecular formula is C27H40IN5O. The molecule has 0 spiro atoms. The quantitative estimate of drug-likeness (QED) is 0.193. The monoisotopic (exact) mass is 577 g/mol.